The highest BCUT2D eigenvalue weighted by Gasteiger charge is 2.10. The molecule has 6 heteroatoms. The van der Waals surface area contributed by atoms with Crippen molar-refractivity contribution in [2.75, 3.05) is 12.4 Å². The van der Waals surface area contributed by atoms with Crippen LogP contribution in [0.1, 0.15) is 27.0 Å². The van der Waals surface area contributed by atoms with Gasteiger partial charge < -0.3 is 15.8 Å². The van der Waals surface area contributed by atoms with Crippen LogP contribution >= 0.6 is 0 Å². The number of benzene rings is 2. The first-order chi connectivity index (χ1) is 13.1. The maximum atomic E-state index is 12.5. The zero-order chi connectivity index (χ0) is 19.2. The second-order valence-corrected chi connectivity index (χ2v) is 5.93. The Balaban J connectivity index is 1.62. The van der Waals surface area contributed by atoms with Crippen molar-refractivity contribution >= 4 is 17.4 Å². The van der Waals surface area contributed by atoms with Crippen molar-refractivity contribution in [3.8, 4) is 5.75 Å². The van der Waals surface area contributed by atoms with Gasteiger partial charge in [0.2, 0.25) is 5.95 Å². The molecule has 0 amide bonds. The Morgan fingerprint density at radius 1 is 1.00 bits per heavy atom. The Kier molecular flexibility index (Phi) is 5.47. The molecule has 27 heavy (non-hydrogen) atoms. The minimum absolute atomic E-state index is 0.137. The third-order valence-corrected chi connectivity index (χ3v) is 4.04. The van der Waals surface area contributed by atoms with Gasteiger partial charge in [0.05, 0.1) is 12.7 Å². The number of hydrogen-bond donors (Lipinski definition) is 2. The number of ketones is 1. The molecule has 136 valence electrons. The van der Waals surface area contributed by atoms with Crippen LogP contribution in [-0.2, 0) is 6.54 Å². The van der Waals surface area contributed by atoms with E-state index >= 15 is 0 Å². The van der Waals surface area contributed by atoms with Crippen molar-refractivity contribution in [3.63, 3.8) is 0 Å². The molecule has 2 aromatic carbocycles. The fourth-order valence-corrected chi connectivity index (χ4v) is 2.46. The van der Waals surface area contributed by atoms with Crippen LogP contribution in [0.4, 0.5) is 5.95 Å². The van der Waals surface area contributed by atoms with E-state index in [0.717, 1.165) is 11.1 Å². The van der Waals surface area contributed by atoms with Crippen LogP contribution in [-0.4, -0.2) is 22.9 Å². The third-order valence-electron chi connectivity index (χ3n) is 4.04. The van der Waals surface area contributed by atoms with E-state index < -0.39 is 0 Å². The number of aromatic nitrogens is 2. The van der Waals surface area contributed by atoms with Gasteiger partial charge in [0.15, 0.2) is 5.78 Å². The smallest absolute Gasteiger partial charge is 0.222 e. The molecular formula is C21H20N4O2. The van der Waals surface area contributed by atoms with Gasteiger partial charge in [0.25, 0.3) is 0 Å². The van der Waals surface area contributed by atoms with E-state index in [9.17, 15) is 4.79 Å². The monoisotopic (exact) mass is 360 g/mol. The number of nitrogens with one attached hydrogen (secondary N) is 1. The molecule has 0 fully saturated rings. The van der Waals surface area contributed by atoms with Crippen LogP contribution in [0, 0.1) is 0 Å². The zero-order valence-electron chi connectivity index (χ0n) is 15.0. The largest absolute Gasteiger partial charge is 0.497 e. The second-order valence-electron chi connectivity index (χ2n) is 5.93. The van der Waals surface area contributed by atoms with E-state index in [2.05, 4.69) is 21.9 Å². The molecule has 1 heterocycles. The van der Waals surface area contributed by atoms with Crippen LogP contribution in [0.2, 0.25) is 0 Å². The Labute approximate surface area is 157 Å². The first kappa shape index (κ1) is 18.1. The summed E-state index contributed by atoms with van der Waals surface area (Å²) in [5, 5.41) is 3.13. The Morgan fingerprint density at radius 2 is 1.59 bits per heavy atom. The van der Waals surface area contributed by atoms with E-state index in [1.165, 1.54) is 12.4 Å². The molecule has 0 saturated carbocycles. The lowest BCUT2D eigenvalue weighted by atomic mass is 10.1. The van der Waals surface area contributed by atoms with Crippen LogP contribution in [0.5, 0.6) is 5.75 Å². The lowest BCUT2D eigenvalue weighted by Crippen LogP contribution is -2.07. The number of rotatable bonds is 7. The van der Waals surface area contributed by atoms with Gasteiger partial charge in [0, 0.05) is 30.2 Å². The van der Waals surface area contributed by atoms with Gasteiger partial charge >= 0.3 is 0 Å². The van der Waals surface area contributed by atoms with E-state index in [1.54, 1.807) is 31.4 Å². The van der Waals surface area contributed by atoms with Crippen molar-refractivity contribution in [2.24, 2.45) is 5.73 Å². The Hall–Kier alpha value is -3.67. The average molecular weight is 360 g/mol. The highest BCUT2D eigenvalue weighted by molar-refractivity contribution is 6.08. The number of nitrogens with zero attached hydrogens (tertiary/aromatic N) is 2. The molecule has 0 spiro atoms. The first-order valence-electron chi connectivity index (χ1n) is 8.35. The molecule has 0 atom stereocenters. The number of hydrogen-bond acceptors (Lipinski definition) is 6. The SMILES string of the molecule is C=C(N)c1ccc(CNc2ncc(C(=O)c3ccc(OC)cc3)cn2)cc1. The standard InChI is InChI=1S/C21H20N4O2/c1-14(22)16-5-3-15(4-6-16)11-23-21-24-12-18(13-25-21)20(26)17-7-9-19(27-2)10-8-17/h3-10,12-13H,1,11,22H2,2H3,(H,23,24,25). The number of nitrogens with two attached hydrogens (primary N) is 1. The molecule has 1 aromatic heterocycles. The first-order valence-corrected chi connectivity index (χ1v) is 8.35. The normalized spacial score (nSPS) is 10.3. The van der Waals surface area contributed by atoms with E-state index in [4.69, 9.17) is 10.5 Å². The van der Waals surface area contributed by atoms with Gasteiger partial charge in [-0.25, -0.2) is 9.97 Å². The quantitative estimate of drug-likeness (QED) is 0.629. The minimum Gasteiger partial charge on any atom is -0.497 e. The highest BCUT2D eigenvalue weighted by atomic mass is 16.5. The molecule has 3 N–H and O–H groups in total. The zero-order valence-corrected chi connectivity index (χ0v) is 15.0. The average Bonchev–Trinajstić information content (AvgIpc) is 2.72. The van der Waals surface area contributed by atoms with Gasteiger partial charge in [0.1, 0.15) is 5.75 Å². The summed E-state index contributed by atoms with van der Waals surface area (Å²) >= 11 is 0. The minimum atomic E-state index is -0.137. The molecule has 3 aromatic rings. The van der Waals surface area contributed by atoms with Gasteiger partial charge in [-0.1, -0.05) is 30.8 Å². The Bertz CT molecular complexity index is 933. The lowest BCUT2D eigenvalue weighted by molar-refractivity contribution is 0.103. The number of ether oxygens (including phenoxy) is 1. The summed E-state index contributed by atoms with van der Waals surface area (Å²) in [6, 6.07) is 14.7. The maximum absolute atomic E-state index is 12.5. The maximum Gasteiger partial charge on any atom is 0.222 e. The molecule has 0 radical (unpaired) electrons. The van der Waals surface area contributed by atoms with Gasteiger partial charge in [-0.15, -0.1) is 0 Å². The summed E-state index contributed by atoms with van der Waals surface area (Å²) in [5.41, 5.74) is 9.14. The van der Waals surface area contributed by atoms with Crippen LogP contribution in [0.3, 0.4) is 0 Å². The summed E-state index contributed by atoms with van der Waals surface area (Å²) in [5.74, 6) is 1.02. The van der Waals surface area contributed by atoms with Gasteiger partial charge in [-0.05, 0) is 35.4 Å². The van der Waals surface area contributed by atoms with E-state index in [1.807, 2.05) is 24.3 Å². The molecule has 0 saturated heterocycles. The van der Waals surface area contributed by atoms with Gasteiger partial charge in [-0.3, -0.25) is 4.79 Å². The van der Waals surface area contributed by atoms with E-state index in [-0.39, 0.29) is 5.78 Å². The van der Waals surface area contributed by atoms with Crippen molar-refractivity contribution < 1.29 is 9.53 Å². The third kappa shape index (κ3) is 4.49. The molecule has 0 aliphatic carbocycles. The van der Waals surface area contributed by atoms with Crippen molar-refractivity contribution in [1.82, 2.24) is 9.97 Å². The van der Waals surface area contributed by atoms with Crippen LogP contribution in [0.15, 0.2) is 67.5 Å². The second kappa shape index (κ2) is 8.14. The summed E-state index contributed by atoms with van der Waals surface area (Å²) in [4.78, 5) is 20.9. The van der Waals surface area contributed by atoms with Crippen molar-refractivity contribution in [3.05, 3.63) is 89.8 Å². The number of carbonyl (C=O) groups excluding carboxylic acids is 1. The summed E-state index contributed by atoms with van der Waals surface area (Å²) < 4.78 is 5.10. The van der Waals surface area contributed by atoms with Crippen molar-refractivity contribution in [1.29, 1.82) is 0 Å². The predicted molar refractivity (Wildman–Crippen MR) is 105 cm³/mol. The van der Waals surface area contributed by atoms with E-state index in [0.29, 0.717) is 35.1 Å². The molecule has 0 bridgehead atoms. The molecule has 0 aliphatic heterocycles. The summed E-state index contributed by atoms with van der Waals surface area (Å²) in [6.45, 7) is 4.27. The summed E-state index contributed by atoms with van der Waals surface area (Å²) in [6.07, 6.45) is 3.03. The number of anilines is 1. The number of carbonyl (C=O) groups is 1. The molecule has 3 rings (SSSR count). The summed E-state index contributed by atoms with van der Waals surface area (Å²) in [7, 11) is 1.58. The van der Waals surface area contributed by atoms with Crippen LogP contribution < -0.4 is 15.8 Å². The fourth-order valence-electron chi connectivity index (χ4n) is 2.46. The molecular weight excluding hydrogens is 340 g/mol. The Morgan fingerprint density at radius 3 is 2.15 bits per heavy atom. The van der Waals surface area contributed by atoms with Crippen LogP contribution in [0.25, 0.3) is 5.70 Å². The molecule has 0 aliphatic rings. The molecule has 6 nitrogen and oxygen atoms in total. The predicted octanol–water partition coefficient (Wildman–Crippen LogP) is 3.26. The fraction of sp³-hybridized carbons (Fsp3) is 0.0952. The number of methoxy groups -OCH3 is 1. The lowest BCUT2D eigenvalue weighted by Gasteiger charge is -2.07. The molecule has 0 unspecified atom stereocenters. The van der Waals surface area contributed by atoms with Gasteiger partial charge in [-0.2, -0.15) is 0 Å². The van der Waals surface area contributed by atoms with Crippen molar-refractivity contribution in [2.45, 2.75) is 6.54 Å². The highest BCUT2D eigenvalue weighted by Crippen LogP contribution is 2.15. The topological polar surface area (TPSA) is 90.1 Å².